The van der Waals surface area contributed by atoms with E-state index in [0.29, 0.717) is 5.56 Å². The van der Waals surface area contributed by atoms with Crippen LogP contribution in [0, 0.1) is 0 Å². The fraction of sp³-hybridized carbons (Fsp3) is 0.222. The van der Waals surface area contributed by atoms with E-state index in [1.165, 1.54) is 18.3 Å². The highest BCUT2D eigenvalue weighted by atomic mass is 16.4. The molecule has 0 spiro atoms. The van der Waals surface area contributed by atoms with Gasteiger partial charge in [0.05, 0.1) is 6.21 Å². The Morgan fingerprint density at radius 1 is 1.38 bits per heavy atom. The summed E-state index contributed by atoms with van der Waals surface area (Å²) < 4.78 is 0. The maximum absolute atomic E-state index is 9.39. The normalized spacial score (nSPS) is 13.3. The van der Waals surface area contributed by atoms with Crippen LogP contribution in [0.25, 0.3) is 0 Å². The Labute approximate surface area is 75.8 Å². The molecule has 70 valence electrons. The second-order valence-electron chi connectivity index (χ2n) is 2.80. The minimum absolute atomic E-state index is 0.00704. The molecule has 1 aromatic rings. The second-order valence-corrected chi connectivity index (χ2v) is 2.80. The van der Waals surface area contributed by atoms with Gasteiger partial charge in [0.1, 0.15) is 11.5 Å². The lowest BCUT2D eigenvalue weighted by Crippen LogP contribution is -1.94. The molecule has 0 saturated carbocycles. The van der Waals surface area contributed by atoms with E-state index >= 15 is 0 Å². The predicted molar refractivity (Wildman–Crippen MR) is 48.5 cm³/mol. The van der Waals surface area contributed by atoms with Gasteiger partial charge in [0.25, 0.3) is 0 Å². The molecule has 0 aromatic heterocycles. The Hall–Kier alpha value is -1.71. The van der Waals surface area contributed by atoms with Gasteiger partial charge in [0.15, 0.2) is 0 Å². The molecule has 1 rings (SSSR count). The van der Waals surface area contributed by atoms with Crippen molar-refractivity contribution in [2.24, 2.45) is 5.16 Å². The van der Waals surface area contributed by atoms with Crippen molar-refractivity contribution in [2.75, 3.05) is 0 Å². The standard InChI is InChI=1S/C9H11NO3/c1-6(5-10-13)8-3-2-7(11)4-9(8)12/h2-6,11-13H,1H3. The fourth-order valence-electron chi connectivity index (χ4n) is 1.10. The van der Waals surface area contributed by atoms with Crippen LogP contribution < -0.4 is 0 Å². The second kappa shape index (κ2) is 3.80. The zero-order valence-corrected chi connectivity index (χ0v) is 7.18. The molecule has 0 bridgehead atoms. The van der Waals surface area contributed by atoms with Crippen molar-refractivity contribution in [1.82, 2.24) is 0 Å². The van der Waals surface area contributed by atoms with Crippen LogP contribution in [0.4, 0.5) is 0 Å². The smallest absolute Gasteiger partial charge is 0.123 e. The average molecular weight is 181 g/mol. The lowest BCUT2D eigenvalue weighted by atomic mass is 10.0. The van der Waals surface area contributed by atoms with E-state index in [1.54, 1.807) is 13.0 Å². The number of oxime groups is 1. The molecule has 4 nitrogen and oxygen atoms in total. The van der Waals surface area contributed by atoms with Gasteiger partial charge in [0, 0.05) is 17.5 Å². The summed E-state index contributed by atoms with van der Waals surface area (Å²) in [7, 11) is 0. The van der Waals surface area contributed by atoms with E-state index in [9.17, 15) is 5.11 Å². The number of hydrogen-bond acceptors (Lipinski definition) is 4. The largest absolute Gasteiger partial charge is 0.508 e. The Bertz CT molecular complexity index is 323. The lowest BCUT2D eigenvalue weighted by Gasteiger charge is -2.07. The summed E-state index contributed by atoms with van der Waals surface area (Å²) in [4.78, 5) is 0. The summed E-state index contributed by atoms with van der Waals surface area (Å²) >= 11 is 0. The van der Waals surface area contributed by atoms with Crippen LogP contribution in [0.1, 0.15) is 18.4 Å². The van der Waals surface area contributed by atoms with Crippen LogP contribution in [0.3, 0.4) is 0 Å². The molecule has 0 fully saturated rings. The Kier molecular flexibility index (Phi) is 2.74. The summed E-state index contributed by atoms with van der Waals surface area (Å²) in [6.45, 7) is 1.77. The van der Waals surface area contributed by atoms with Gasteiger partial charge in [0.2, 0.25) is 0 Å². The van der Waals surface area contributed by atoms with Crippen LogP contribution in [0.15, 0.2) is 23.4 Å². The third kappa shape index (κ3) is 2.11. The molecular formula is C9H11NO3. The minimum Gasteiger partial charge on any atom is -0.508 e. The van der Waals surface area contributed by atoms with Crippen LogP contribution in [0.5, 0.6) is 11.5 Å². The molecule has 0 heterocycles. The first kappa shape index (κ1) is 9.38. The molecule has 0 saturated heterocycles. The minimum atomic E-state index is -0.189. The predicted octanol–water partition coefficient (Wildman–Crippen LogP) is 1.66. The highest BCUT2D eigenvalue weighted by Crippen LogP contribution is 2.27. The highest BCUT2D eigenvalue weighted by Gasteiger charge is 2.08. The molecule has 13 heavy (non-hydrogen) atoms. The quantitative estimate of drug-likeness (QED) is 0.369. The molecule has 4 heteroatoms. The van der Waals surface area contributed by atoms with E-state index in [1.807, 2.05) is 0 Å². The van der Waals surface area contributed by atoms with E-state index in [4.69, 9.17) is 10.3 Å². The van der Waals surface area contributed by atoms with Crippen molar-refractivity contribution < 1.29 is 15.4 Å². The number of hydrogen-bond donors (Lipinski definition) is 3. The molecule has 0 aliphatic carbocycles. The summed E-state index contributed by atoms with van der Waals surface area (Å²) in [5.41, 5.74) is 0.607. The van der Waals surface area contributed by atoms with Crippen molar-refractivity contribution >= 4 is 6.21 Å². The first-order valence-electron chi connectivity index (χ1n) is 3.84. The van der Waals surface area contributed by atoms with Gasteiger partial charge in [-0.15, -0.1) is 5.16 Å². The Morgan fingerprint density at radius 3 is 2.62 bits per heavy atom. The molecule has 1 atom stereocenters. The molecule has 0 amide bonds. The van der Waals surface area contributed by atoms with Gasteiger partial charge >= 0.3 is 0 Å². The Morgan fingerprint density at radius 2 is 2.08 bits per heavy atom. The number of rotatable bonds is 2. The number of benzene rings is 1. The van der Waals surface area contributed by atoms with Crippen molar-refractivity contribution in [3.63, 3.8) is 0 Å². The van der Waals surface area contributed by atoms with Crippen molar-refractivity contribution in [2.45, 2.75) is 12.8 Å². The average Bonchev–Trinajstić information content (AvgIpc) is 2.04. The van der Waals surface area contributed by atoms with Crippen LogP contribution >= 0.6 is 0 Å². The van der Waals surface area contributed by atoms with Crippen molar-refractivity contribution in [3.05, 3.63) is 23.8 Å². The number of aromatic hydroxyl groups is 2. The first-order chi connectivity index (χ1) is 6.15. The highest BCUT2D eigenvalue weighted by molar-refractivity contribution is 5.68. The maximum Gasteiger partial charge on any atom is 0.123 e. The summed E-state index contributed by atoms with van der Waals surface area (Å²) in [5, 5.41) is 29.6. The lowest BCUT2D eigenvalue weighted by molar-refractivity contribution is 0.320. The summed E-state index contributed by atoms with van der Waals surface area (Å²) in [5.74, 6) is -0.188. The molecular weight excluding hydrogens is 170 g/mol. The van der Waals surface area contributed by atoms with Crippen molar-refractivity contribution in [3.8, 4) is 11.5 Å². The van der Waals surface area contributed by atoms with Gasteiger partial charge in [-0.1, -0.05) is 13.0 Å². The molecule has 3 N–H and O–H groups in total. The summed E-state index contributed by atoms with van der Waals surface area (Å²) in [6.07, 6.45) is 1.30. The topological polar surface area (TPSA) is 73.1 Å². The zero-order valence-electron chi connectivity index (χ0n) is 7.18. The van der Waals surface area contributed by atoms with Gasteiger partial charge < -0.3 is 15.4 Å². The van der Waals surface area contributed by atoms with E-state index in [-0.39, 0.29) is 17.4 Å². The van der Waals surface area contributed by atoms with E-state index in [2.05, 4.69) is 5.16 Å². The molecule has 0 aliphatic rings. The van der Waals surface area contributed by atoms with Gasteiger partial charge in [-0.2, -0.15) is 0 Å². The molecule has 1 unspecified atom stereocenters. The third-order valence-electron chi connectivity index (χ3n) is 1.79. The first-order valence-corrected chi connectivity index (χ1v) is 3.84. The van der Waals surface area contributed by atoms with E-state index < -0.39 is 0 Å². The Balaban J connectivity index is 3.01. The van der Waals surface area contributed by atoms with Crippen molar-refractivity contribution in [1.29, 1.82) is 0 Å². The molecule has 1 aromatic carbocycles. The van der Waals surface area contributed by atoms with Crippen LogP contribution in [-0.4, -0.2) is 21.6 Å². The maximum atomic E-state index is 9.39. The zero-order chi connectivity index (χ0) is 9.84. The number of phenolic OH excluding ortho intramolecular Hbond substituents is 2. The van der Waals surface area contributed by atoms with Gasteiger partial charge in [-0.05, 0) is 6.07 Å². The fourth-order valence-corrected chi connectivity index (χ4v) is 1.10. The number of nitrogens with zero attached hydrogens (tertiary/aromatic N) is 1. The summed E-state index contributed by atoms with van der Waals surface area (Å²) in [6, 6.07) is 4.30. The third-order valence-corrected chi connectivity index (χ3v) is 1.79. The molecule has 0 radical (unpaired) electrons. The monoisotopic (exact) mass is 181 g/mol. The van der Waals surface area contributed by atoms with E-state index in [0.717, 1.165) is 0 Å². The van der Waals surface area contributed by atoms with Gasteiger partial charge in [-0.25, -0.2) is 0 Å². The SMILES string of the molecule is CC(C=NO)c1ccc(O)cc1O. The van der Waals surface area contributed by atoms with Gasteiger partial charge in [-0.3, -0.25) is 0 Å². The molecule has 0 aliphatic heterocycles. The van der Waals surface area contributed by atoms with Crippen LogP contribution in [0.2, 0.25) is 0 Å². The van der Waals surface area contributed by atoms with Crippen LogP contribution in [-0.2, 0) is 0 Å². The number of phenols is 2.